The highest BCUT2D eigenvalue weighted by atomic mass is 35.5. The van der Waals surface area contributed by atoms with E-state index < -0.39 is 23.4 Å². The number of nitro benzene ring substituents is 1. The summed E-state index contributed by atoms with van der Waals surface area (Å²) >= 11 is 5.90. The highest BCUT2D eigenvalue weighted by molar-refractivity contribution is 6.33. The molecule has 2 aromatic carbocycles. The Balaban J connectivity index is 1.98. The van der Waals surface area contributed by atoms with Crippen molar-refractivity contribution in [2.24, 2.45) is 5.92 Å². The number of carbonyl (C=O) groups excluding carboxylic acids is 2. The summed E-state index contributed by atoms with van der Waals surface area (Å²) < 4.78 is 5.01. The molecule has 1 amide bonds. The maximum Gasteiger partial charge on any atom is 0.340 e. The van der Waals surface area contributed by atoms with Crippen molar-refractivity contribution in [2.75, 3.05) is 6.61 Å². The van der Waals surface area contributed by atoms with E-state index in [1.807, 2.05) is 30.3 Å². The van der Waals surface area contributed by atoms with E-state index >= 15 is 0 Å². The third-order valence-corrected chi connectivity index (χ3v) is 4.27. The van der Waals surface area contributed by atoms with Gasteiger partial charge in [0.25, 0.3) is 11.6 Å². The summed E-state index contributed by atoms with van der Waals surface area (Å²) in [5, 5.41) is 13.5. The molecule has 1 N–H and O–H groups in total. The lowest BCUT2D eigenvalue weighted by Gasteiger charge is -2.21. The number of nitrogens with zero attached hydrogens (tertiary/aromatic N) is 1. The van der Waals surface area contributed by atoms with Crippen LogP contribution in [0.5, 0.6) is 0 Å². The molecule has 1 atom stereocenters. The Labute approximate surface area is 167 Å². The van der Waals surface area contributed by atoms with Crippen LogP contribution in [0, 0.1) is 16.0 Å². The molecule has 0 aromatic heterocycles. The van der Waals surface area contributed by atoms with Crippen LogP contribution >= 0.6 is 11.6 Å². The molecule has 0 bridgehead atoms. The van der Waals surface area contributed by atoms with Gasteiger partial charge in [-0.3, -0.25) is 14.9 Å². The van der Waals surface area contributed by atoms with Crippen LogP contribution in [0.4, 0.5) is 5.69 Å². The molecular weight excluding hydrogens is 384 g/mol. The number of amides is 1. The second kappa shape index (κ2) is 9.85. The SMILES string of the molecule is CC(C)C[C@@H](NC(=O)COC(=O)c1ccc([N+](=O)[O-])cc1Cl)c1ccccc1. The highest BCUT2D eigenvalue weighted by Crippen LogP contribution is 2.23. The Kier molecular flexibility index (Phi) is 7.52. The molecule has 0 radical (unpaired) electrons. The number of ether oxygens (including phenoxy) is 1. The summed E-state index contributed by atoms with van der Waals surface area (Å²) in [6.07, 6.45) is 0.734. The summed E-state index contributed by atoms with van der Waals surface area (Å²) in [5.41, 5.74) is 0.690. The number of esters is 1. The minimum absolute atomic E-state index is 0.0399. The lowest BCUT2D eigenvalue weighted by atomic mass is 9.97. The first-order chi connectivity index (χ1) is 13.3. The Morgan fingerprint density at radius 2 is 1.86 bits per heavy atom. The Bertz CT molecular complexity index is 855. The van der Waals surface area contributed by atoms with Crippen molar-refractivity contribution in [3.63, 3.8) is 0 Å². The van der Waals surface area contributed by atoms with Gasteiger partial charge in [-0.25, -0.2) is 4.79 Å². The lowest BCUT2D eigenvalue weighted by molar-refractivity contribution is -0.384. The van der Waals surface area contributed by atoms with E-state index in [0.29, 0.717) is 5.92 Å². The first-order valence-corrected chi connectivity index (χ1v) is 9.11. The van der Waals surface area contributed by atoms with Crippen molar-refractivity contribution in [3.8, 4) is 0 Å². The molecule has 148 valence electrons. The van der Waals surface area contributed by atoms with Crippen LogP contribution in [0.25, 0.3) is 0 Å². The zero-order valence-electron chi connectivity index (χ0n) is 15.6. The maximum atomic E-state index is 12.3. The van der Waals surface area contributed by atoms with E-state index in [0.717, 1.165) is 24.1 Å². The fraction of sp³-hybridized carbons (Fsp3) is 0.300. The normalized spacial score (nSPS) is 11.7. The van der Waals surface area contributed by atoms with Gasteiger partial charge in [-0.15, -0.1) is 0 Å². The number of non-ortho nitro benzene ring substituents is 1. The van der Waals surface area contributed by atoms with Crippen LogP contribution in [0.2, 0.25) is 5.02 Å². The average Bonchev–Trinajstić information content (AvgIpc) is 2.65. The van der Waals surface area contributed by atoms with E-state index in [1.54, 1.807) is 0 Å². The minimum Gasteiger partial charge on any atom is -0.452 e. The molecule has 2 rings (SSSR count). The van der Waals surface area contributed by atoms with Crippen LogP contribution in [0.1, 0.15) is 42.2 Å². The van der Waals surface area contributed by atoms with Gasteiger partial charge < -0.3 is 10.1 Å². The third kappa shape index (κ3) is 6.06. The van der Waals surface area contributed by atoms with Gasteiger partial charge in [-0.2, -0.15) is 0 Å². The van der Waals surface area contributed by atoms with Gasteiger partial charge in [0, 0.05) is 12.1 Å². The molecule has 0 fully saturated rings. The summed E-state index contributed by atoms with van der Waals surface area (Å²) in [5.74, 6) is -0.914. The first-order valence-electron chi connectivity index (χ1n) is 8.73. The smallest absolute Gasteiger partial charge is 0.340 e. The topological polar surface area (TPSA) is 98.5 Å². The van der Waals surface area contributed by atoms with Crippen molar-refractivity contribution in [3.05, 3.63) is 74.8 Å². The third-order valence-electron chi connectivity index (χ3n) is 3.96. The minimum atomic E-state index is -0.824. The van der Waals surface area contributed by atoms with Crippen LogP contribution in [0.15, 0.2) is 48.5 Å². The summed E-state index contributed by atoms with van der Waals surface area (Å²) in [6.45, 7) is 3.63. The quantitative estimate of drug-likeness (QED) is 0.401. The summed E-state index contributed by atoms with van der Waals surface area (Å²) in [4.78, 5) is 34.5. The van der Waals surface area contributed by atoms with Crippen molar-refractivity contribution in [1.82, 2.24) is 5.32 Å². The molecule has 0 saturated carbocycles. The van der Waals surface area contributed by atoms with Crippen molar-refractivity contribution < 1.29 is 19.2 Å². The zero-order chi connectivity index (χ0) is 20.7. The van der Waals surface area contributed by atoms with Gasteiger partial charge >= 0.3 is 5.97 Å². The molecule has 7 nitrogen and oxygen atoms in total. The largest absolute Gasteiger partial charge is 0.452 e. The van der Waals surface area contributed by atoms with Crippen LogP contribution < -0.4 is 5.32 Å². The molecule has 0 saturated heterocycles. The van der Waals surface area contributed by atoms with E-state index in [1.165, 1.54) is 6.07 Å². The first kappa shape index (κ1) is 21.4. The second-order valence-corrected chi connectivity index (χ2v) is 7.06. The van der Waals surface area contributed by atoms with Crippen molar-refractivity contribution >= 4 is 29.2 Å². The Hall–Kier alpha value is -2.93. The maximum absolute atomic E-state index is 12.3. The van der Waals surface area contributed by atoms with Crippen LogP contribution in [0.3, 0.4) is 0 Å². The number of nitrogens with one attached hydrogen (secondary N) is 1. The fourth-order valence-corrected chi connectivity index (χ4v) is 2.91. The molecule has 0 unspecified atom stereocenters. The Morgan fingerprint density at radius 1 is 1.18 bits per heavy atom. The number of nitro groups is 1. The number of hydrogen-bond donors (Lipinski definition) is 1. The summed E-state index contributed by atoms with van der Waals surface area (Å²) in [7, 11) is 0. The van der Waals surface area contributed by atoms with Gasteiger partial charge in [0.15, 0.2) is 6.61 Å². The zero-order valence-corrected chi connectivity index (χ0v) is 16.3. The van der Waals surface area contributed by atoms with E-state index in [2.05, 4.69) is 19.2 Å². The number of carbonyl (C=O) groups is 2. The van der Waals surface area contributed by atoms with Crippen LogP contribution in [-0.2, 0) is 9.53 Å². The van der Waals surface area contributed by atoms with Gasteiger partial charge in [-0.05, 0) is 24.0 Å². The average molecular weight is 405 g/mol. The monoisotopic (exact) mass is 404 g/mol. The molecule has 0 heterocycles. The van der Waals surface area contributed by atoms with Crippen molar-refractivity contribution in [1.29, 1.82) is 0 Å². The fourth-order valence-electron chi connectivity index (χ4n) is 2.66. The molecular formula is C20H21ClN2O5. The molecule has 8 heteroatoms. The van der Waals surface area contributed by atoms with E-state index in [9.17, 15) is 19.7 Å². The van der Waals surface area contributed by atoms with Crippen LogP contribution in [-0.4, -0.2) is 23.4 Å². The van der Waals surface area contributed by atoms with E-state index in [-0.39, 0.29) is 22.3 Å². The predicted octanol–water partition coefficient (Wildman–Crippen LogP) is 4.31. The Morgan fingerprint density at radius 3 is 2.43 bits per heavy atom. The van der Waals surface area contributed by atoms with Crippen molar-refractivity contribution in [2.45, 2.75) is 26.3 Å². The van der Waals surface area contributed by atoms with E-state index in [4.69, 9.17) is 16.3 Å². The van der Waals surface area contributed by atoms with Gasteiger partial charge in [0.1, 0.15) is 0 Å². The molecule has 0 spiro atoms. The predicted molar refractivity (Wildman–Crippen MR) is 105 cm³/mol. The van der Waals surface area contributed by atoms with Gasteiger partial charge in [-0.1, -0.05) is 55.8 Å². The number of halogens is 1. The second-order valence-electron chi connectivity index (χ2n) is 6.66. The molecule has 28 heavy (non-hydrogen) atoms. The van der Waals surface area contributed by atoms with Gasteiger partial charge in [0.2, 0.25) is 0 Å². The molecule has 0 aliphatic heterocycles. The summed E-state index contributed by atoms with van der Waals surface area (Å²) in [6, 6.07) is 12.8. The number of hydrogen-bond acceptors (Lipinski definition) is 5. The molecule has 2 aromatic rings. The highest BCUT2D eigenvalue weighted by Gasteiger charge is 2.19. The molecule has 0 aliphatic rings. The lowest BCUT2D eigenvalue weighted by Crippen LogP contribution is -2.33. The molecule has 0 aliphatic carbocycles. The number of rotatable bonds is 8. The van der Waals surface area contributed by atoms with Gasteiger partial charge in [0.05, 0.1) is 21.6 Å². The standard InChI is InChI=1S/C20H21ClN2O5/c1-13(2)10-18(14-6-4-3-5-7-14)22-19(24)12-28-20(25)16-9-8-15(23(26)27)11-17(16)21/h3-9,11,13,18H,10,12H2,1-2H3,(H,22,24)/t18-/m1/s1. The number of benzene rings is 2.